The molecule has 0 aliphatic carbocycles. The minimum Gasteiger partial charge on any atom is -0.204 e. The van der Waals surface area contributed by atoms with Crippen LogP contribution in [-0.2, 0) is 6.30 Å². The van der Waals surface area contributed by atoms with Crippen molar-refractivity contribution in [2.45, 2.75) is 6.30 Å². The Hall–Kier alpha value is -3.36. The van der Waals surface area contributed by atoms with E-state index in [1.165, 1.54) is 12.1 Å². The topological polar surface area (TPSA) is 17.8 Å². The van der Waals surface area contributed by atoms with Crippen molar-refractivity contribution >= 4 is 10.8 Å². The molecule has 0 amide bonds. The van der Waals surface area contributed by atoms with Crippen LogP contribution in [0, 0.1) is 23.3 Å². The van der Waals surface area contributed by atoms with Gasteiger partial charge < -0.3 is 0 Å². The van der Waals surface area contributed by atoms with Gasteiger partial charge in [-0.1, -0.05) is 42.5 Å². The molecule has 1 aromatic heterocycles. The third kappa shape index (κ3) is 3.12. The fourth-order valence-electron chi connectivity index (χ4n) is 3.11. The van der Waals surface area contributed by atoms with Gasteiger partial charge in [-0.05, 0) is 22.9 Å². The zero-order valence-corrected chi connectivity index (χ0v) is 14.2. The van der Waals surface area contributed by atoms with Crippen molar-refractivity contribution in [1.82, 2.24) is 9.78 Å². The second-order valence-corrected chi connectivity index (χ2v) is 6.17. The highest BCUT2D eigenvalue weighted by atomic mass is 19.4. The number of fused-ring (bicyclic) bond motifs is 1. The largest absolute Gasteiger partial charge is 0.505 e. The number of halogens is 7. The minimum atomic E-state index is -5.00. The van der Waals surface area contributed by atoms with Crippen LogP contribution in [0.15, 0.2) is 54.6 Å². The van der Waals surface area contributed by atoms with Gasteiger partial charge in [-0.3, -0.25) is 0 Å². The molecule has 0 spiro atoms. The number of nitrogens with zero attached hydrogens (tertiary/aromatic N) is 2. The Morgan fingerprint density at radius 3 is 2.14 bits per heavy atom. The third-order valence-electron chi connectivity index (χ3n) is 4.39. The maximum Gasteiger partial charge on any atom is 0.505 e. The summed E-state index contributed by atoms with van der Waals surface area (Å²) in [7, 11) is 0. The second kappa shape index (κ2) is 6.61. The second-order valence-electron chi connectivity index (χ2n) is 6.17. The van der Waals surface area contributed by atoms with Crippen molar-refractivity contribution in [3.8, 4) is 22.5 Å². The molecule has 0 N–H and O–H groups in total. The van der Waals surface area contributed by atoms with E-state index in [1.807, 2.05) is 0 Å². The van der Waals surface area contributed by atoms with Crippen LogP contribution >= 0.6 is 0 Å². The predicted molar refractivity (Wildman–Crippen MR) is 91.7 cm³/mol. The fraction of sp³-hybridized carbons (Fsp3) is 0.0500. The maximum absolute atomic E-state index is 14.1. The molecule has 0 unspecified atom stereocenters. The molecule has 1 heterocycles. The molecular formula is C20H9F7N2. The van der Waals surface area contributed by atoms with Gasteiger partial charge in [-0.25, -0.2) is 17.6 Å². The van der Waals surface area contributed by atoms with E-state index < -0.39 is 46.5 Å². The maximum atomic E-state index is 14.1. The monoisotopic (exact) mass is 410 g/mol. The lowest BCUT2D eigenvalue weighted by Gasteiger charge is -2.12. The number of alkyl halides is 3. The van der Waals surface area contributed by atoms with Crippen molar-refractivity contribution < 1.29 is 30.7 Å². The Labute approximate surface area is 158 Å². The van der Waals surface area contributed by atoms with E-state index in [0.717, 1.165) is 6.07 Å². The normalized spacial score (nSPS) is 12.0. The molecule has 3 aromatic carbocycles. The van der Waals surface area contributed by atoms with E-state index in [-0.39, 0.29) is 16.3 Å². The molecule has 4 aromatic rings. The summed E-state index contributed by atoms with van der Waals surface area (Å²) in [5.74, 6) is -7.77. The fourth-order valence-corrected chi connectivity index (χ4v) is 3.11. The van der Waals surface area contributed by atoms with Crippen LogP contribution in [-0.4, -0.2) is 9.78 Å². The first kappa shape index (κ1) is 19.0. The molecule has 0 atom stereocenters. The smallest absolute Gasteiger partial charge is 0.204 e. The molecule has 29 heavy (non-hydrogen) atoms. The molecule has 0 saturated carbocycles. The highest BCUT2D eigenvalue weighted by Gasteiger charge is 2.36. The van der Waals surface area contributed by atoms with Gasteiger partial charge in [-0.15, -0.1) is 13.2 Å². The van der Waals surface area contributed by atoms with Gasteiger partial charge in [0.1, 0.15) is 0 Å². The Bertz CT molecular complexity index is 1240. The van der Waals surface area contributed by atoms with Crippen molar-refractivity contribution in [2.24, 2.45) is 0 Å². The molecular weight excluding hydrogens is 401 g/mol. The molecule has 0 bridgehead atoms. The summed E-state index contributed by atoms with van der Waals surface area (Å²) >= 11 is 0. The Morgan fingerprint density at radius 1 is 0.724 bits per heavy atom. The first-order valence-electron chi connectivity index (χ1n) is 8.17. The quantitative estimate of drug-likeness (QED) is 0.212. The predicted octanol–water partition coefficient (Wildman–Crippen LogP) is 6.40. The van der Waals surface area contributed by atoms with E-state index in [9.17, 15) is 30.7 Å². The lowest BCUT2D eigenvalue weighted by molar-refractivity contribution is -0.210. The molecule has 9 heteroatoms. The van der Waals surface area contributed by atoms with E-state index in [0.29, 0.717) is 10.8 Å². The van der Waals surface area contributed by atoms with Gasteiger partial charge in [0.2, 0.25) is 0 Å². The molecule has 0 aliphatic rings. The summed E-state index contributed by atoms with van der Waals surface area (Å²) in [6.45, 7) is 0. The third-order valence-corrected chi connectivity index (χ3v) is 4.39. The molecule has 0 aliphatic heterocycles. The van der Waals surface area contributed by atoms with Gasteiger partial charge in [0.15, 0.2) is 23.3 Å². The van der Waals surface area contributed by atoms with Crippen molar-refractivity contribution in [2.75, 3.05) is 0 Å². The van der Waals surface area contributed by atoms with Crippen LogP contribution in [0.25, 0.3) is 33.3 Å². The van der Waals surface area contributed by atoms with Crippen LogP contribution < -0.4 is 0 Å². The van der Waals surface area contributed by atoms with E-state index >= 15 is 0 Å². The van der Waals surface area contributed by atoms with Crippen LogP contribution in [0.1, 0.15) is 0 Å². The van der Waals surface area contributed by atoms with Crippen molar-refractivity contribution in [3.05, 3.63) is 77.9 Å². The molecule has 0 fully saturated rings. The van der Waals surface area contributed by atoms with Gasteiger partial charge in [0.25, 0.3) is 0 Å². The van der Waals surface area contributed by atoms with Gasteiger partial charge >= 0.3 is 6.30 Å². The van der Waals surface area contributed by atoms with Crippen molar-refractivity contribution in [1.29, 1.82) is 0 Å². The summed E-state index contributed by atoms with van der Waals surface area (Å²) in [6.07, 6.45) is -5.00. The molecule has 148 valence electrons. The minimum absolute atomic E-state index is 0.127. The summed E-state index contributed by atoms with van der Waals surface area (Å²) in [5, 5.41) is 4.41. The van der Waals surface area contributed by atoms with E-state index in [4.69, 9.17) is 0 Å². The SMILES string of the molecule is Fc1cc(-c2cc(-c3cccc4ccccc34)n(C(F)(F)F)n2)c(F)c(F)c1F. The summed E-state index contributed by atoms with van der Waals surface area (Å²) in [6, 6.07) is 12.4. The average Bonchev–Trinajstić information content (AvgIpc) is 3.14. The molecule has 0 radical (unpaired) electrons. The number of rotatable bonds is 2. The highest BCUT2D eigenvalue weighted by molar-refractivity contribution is 5.96. The lowest BCUT2D eigenvalue weighted by Crippen LogP contribution is -2.19. The van der Waals surface area contributed by atoms with E-state index in [2.05, 4.69) is 5.10 Å². The summed E-state index contributed by atoms with van der Waals surface area (Å²) in [5.41, 5.74) is -1.96. The number of aromatic nitrogens is 2. The highest BCUT2D eigenvalue weighted by Crippen LogP contribution is 2.37. The van der Waals surface area contributed by atoms with Crippen molar-refractivity contribution in [3.63, 3.8) is 0 Å². The first-order chi connectivity index (χ1) is 13.7. The van der Waals surface area contributed by atoms with Crippen LogP contribution in [0.3, 0.4) is 0 Å². The molecule has 2 nitrogen and oxygen atoms in total. The first-order valence-corrected chi connectivity index (χ1v) is 8.17. The average molecular weight is 410 g/mol. The Morgan fingerprint density at radius 2 is 1.41 bits per heavy atom. The summed E-state index contributed by atoms with van der Waals surface area (Å²) < 4.78 is 94.9. The molecule has 4 rings (SSSR count). The molecule has 0 saturated heterocycles. The summed E-state index contributed by atoms with van der Waals surface area (Å²) in [4.78, 5) is 0. The van der Waals surface area contributed by atoms with E-state index in [1.54, 1.807) is 30.3 Å². The zero-order valence-electron chi connectivity index (χ0n) is 14.2. The van der Waals surface area contributed by atoms with Gasteiger partial charge in [-0.2, -0.15) is 9.78 Å². The Balaban J connectivity index is 2.01. The number of benzene rings is 3. The van der Waals surface area contributed by atoms with Gasteiger partial charge in [0.05, 0.1) is 11.4 Å². The van der Waals surface area contributed by atoms with Crippen LogP contribution in [0.2, 0.25) is 0 Å². The van der Waals surface area contributed by atoms with Crippen LogP contribution in [0.4, 0.5) is 30.7 Å². The zero-order chi connectivity index (χ0) is 20.9. The lowest BCUT2D eigenvalue weighted by atomic mass is 10.0. The standard InChI is InChI=1S/C20H9F7N2/c21-14-8-13(17(22)19(24)18(14)23)15-9-16(29(28-15)20(25,26)27)12-7-3-5-10-4-1-2-6-11(10)12/h1-9H. The van der Waals surface area contributed by atoms with Gasteiger partial charge in [0, 0.05) is 11.1 Å². The number of hydrogen-bond donors (Lipinski definition) is 0. The Kier molecular flexibility index (Phi) is 4.33. The number of hydrogen-bond acceptors (Lipinski definition) is 1. The van der Waals surface area contributed by atoms with Crippen LogP contribution in [0.5, 0.6) is 0 Å².